The average molecular weight is 487 g/mol. The number of pyridine rings is 1. The Bertz CT molecular complexity index is 1340. The van der Waals surface area contributed by atoms with Gasteiger partial charge in [0.2, 0.25) is 11.9 Å². The van der Waals surface area contributed by atoms with Gasteiger partial charge in [-0.25, -0.2) is 4.52 Å². The number of rotatable bonds is 10. The van der Waals surface area contributed by atoms with Gasteiger partial charge in [0, 0.05) is 30.0 Å². The summed E-state index contributed by atoms with van der Waals surface area (Å²) >= 11 is 0. The molecule has 2 fully saturated rings. The lowest BCUT2D eigenvalue weighted by Crippen LogP contribution is -2.29. The third-order valence-electron chi connectivity index (χ3n) is 6.52. The summed E-state index contributed by atoms with van der Waals surface area (Å²) in [6, 6.07) is 14.0. The predicted molar refractivity (Wildman–Crippen MR) is 136 cm³/mol. The molecule has 10 nitrogen and oxygen atoms in total. The SMILES string of the molecule is O=C(Cn1cc(-c2cccc3nc(Nc4ccc(OCCN5CCCC5)cc4)nn23)cn1)NC1CC1. The predicted octanol–water partition coefficient (Wildman–Crippen LogP) is 3.09. The van der Waals surface area contributed by atoms with Crippen molar-refractivity contribution in [1.82, 2.24) is 34.6 Å². The molecule has 186 valence electrons. The number of amides is 1. The molecule has 1 aliphatic heterocycles. The first-order chi connectivity index (χ1) is 17.7. The third kappa shape index (κ3) is 5.33. The number of aromatic nitrogens is 5. The molecule has 1 amide bonds. The van der Waals surface area contributed by atoms with Crippen LogP contribution in [0.1, 0.15) is 25.7 Å². The van der Waals surface area contributed by atoms with Gasteiger partial charge in [-0.3, -0.25) is 14.4 Å². The number of nitrogens with one attached hydrogen (secondary N) is 2. The highest BCUT2D eigenvalue weighted by Gasteiger charge is 2.23. The van der Waals surface area contributed by atoms with Gasteiger partial charge in [0.05, 0.1) is 11.9 Å². The van der Waals surface area contributed by atoms with Crippen molar-refractivity contribution >= 4 is 23.2 Å². The van der Waals surface area contributed by atoms with Crippen LogP contribution >= 0.6 is 0 Å². The Balaban J connectivity index is 1.10. The summed E-state index contributed by atoms with van der Waals surface area (Å²) in [5, 5.41) is 15.3. The Morgan fingerprint density at radius 3 is 2.72 bits per heavy atom. The number of ether oxygens (including phenoxy) is 1. The van der Waals surface area contributed by atoms with Crippen LogP contribution in [0.3, 0.4) is 0 Å². The van der Waals surface area contributed by atoms with Crippen molar-refractivity contribution in [3.8, 4) is 17.0 Å². The van der Waals surface area contributed by atoms with Crippen molar-refractivity contribution in [2.75, 3.05) is 31.6 Å². The van der Waals surface area contributed by atoms with E-state index in [1.165, 1.54) is 25.9 Å². The van der Waals surface area contributed by atoms with E-state index in [1.807, 2.05) is 48.7 Å². The fourth-order valence-corrected chi connectivity index (χ4v) is 4.47. The number of nitrogens with zero attached hydrogens (tertiary/aromatic N) is 6. The van der Waals surface area contributed by atoms with E-state index >= 15 is 0 Å². The number of fused-ring (bicyclic) bond motifs is 1. The van der Waals surface area contributed by atoms with E-state index in [-0.39, 0.29) is 12.5 Å². The summed E-state index contributed by atoms with van der Waals surface area (Å²) in [6.45, 7) is 4.24. The first kappa shape index (κ1) is 22.5. The molecule has 4 heterocycles. The summed E-state index contributed by atoms with van der Waals surface area (Å²) in [4.78, 5) is 19.2. The van der Waals surface area contributed by atoms with Crippen LogP contribution in [0.15, 0.2) is 54.9 Å². The van der Waals surface area contributed by atoms with Crippen molar-refractivity contribution in [3.05, 3.63) is 54.9 Å². The van der Waals surface area contributed by atoms with Crippen molar-refractivity contribution in [3.63, 3.8) is 0 Å². The minimum atomic E-state index is -0.0133. The number of benzene rings is 1. The molecule has 0 bridgehead atoms. The van der Waals surface area contributed by atoms with Crippen LogP contribution in [-0.4, -0.2) is 67.5 Å². The Labute approximate surface area is 209 Å². The second-order valence-electron chi connectivity index (χ2n) is 9.43. The van der Waals surface area contributed by atoms with Crippen LogP contribution in [0.2, 0.25) is 0 Å². The zero-order chi connectivity index (χ0) is 24.3. The molecule has 3 aromatic heterocycles. The summed E-state index contributed by atoms with van der Waals surface area (Å²) in [5.41, 5.74) is 3.32. The molecular formula is C26H30N8O2. The lowest BCUT2D eigenvalue weighted by molar-refractivity contribution is -0.122. The molecule has 0 atom stereocenters. The van der Waals surface area contributed by atoms with Gasteiger partial charge in [0.15, 0.2) is 5.65 Å². The van der Waals surface area contributed by atoms with E-state index < -0.39 is 0 Å². The maximum absolute atomic E-state index is 12.1. The zero-order valence-electron chi connectivity index (χ0n) is 20.1. The molecule has 4 aromatic rings. The smallest absolute Gasteiger partial charge is 0.247 e. The monoisotopic (exact) mass is 486 g/mol. The second kappa shape index (κ2) is 9.98. The number of hydrogen-bond donors (Lipinski definition) is 2. The zero-order valence-corrected chi connectivity index (χ0v) is 20.1. The minimum absolute atomic E-state index is 0.0133. The van der Waals surface area contributed by atoms with Crippen molar-refractivity contribution in [1.29, 1.82) is 0 Å². The Morgan fingerprint density at radius 1 is 1.08 bits per heavy atom. The lowest BCUT2D eigenvalue weighted by atomic mass is 10.2. The maximum atomic E-state index is 12.1. The van der Waals surface area contributed by atoms with Gasteiger partial charge in [0.1, 0.15) is 18.9 Å². The van der Waals surface area contributed by atoms with E-state index in [0.29, 0.717) is 18.6 Å². The van der Waals surface area contributed by atoms with Crippen LogP contribution < -0.4 is 15.4 Å². The molecule has 10 heteroatoms. The number of carbonyl (C=O) groups is 1. The summed E-state index contributed by atoms with van der Waals surface area (Å²) in [7, 11) is 0. The number of anilines is 2. The first-order valence-corrected chi connectivity index (χ1v) is 12.6. The highest BCUT2D eigenvalue weighted by atomic mass is 16.5. The summed E-state index contributed by atoms with van der Waals surface area (Å²) in [6.07, 6.45) is 8.33. The van der Waals surface area contributed by atoms with Gasteiger partial charge in [-0.05, 0) is 75.2 Å². The van der Waals surface area contributed by atoms with E-state index in [9.17, 15) is 4.79 Å². The molecular weight excluding hydrogens is 456 g/mol. The van der Waals surface area contributed by atoms with Crippen LogP contribution in [0.5, 0.6) is 5.75 Å². The Hall–Kier alpha value is -3.92. The molecule has 36 heavy (non-hydrogen) atoms. The third-order valence-corrected chi connectivity index (χ3v) is 6.52. The highest BCUT2D eigenvalue weighted by molar-refractivity contribution is 5.76. The molecule has 0 radical (unpaired) electrons. The molecule has 0 spiro atoms. The number of carbonyl (C=O) groups excluding carboxylic acids is 1. The summed E-state index contributed by atoms with van der Waals surface area (Å²) in [5.74, 6) is 1.34. The fourth-order valence-electron chi connectivity index (χ4n) is 4.47. The van der Waals surface area contributed by atoms with Crippen LogP contribution in [0.25, 0.3) is 16.9 Å². The molecule has 1 aromatic carbocycles. The van der Waals surface area contributed by atoms with Gasteiger partial charge in [0.25, 0.3) is 0 Å². The largest absolute Gasteiger partial charge is 0.492 e. The van der Waals surface area contributed by atoms with E-state index in [1.54, 1.807) is 15.4 Å². The highest BCUT2D eigenvalue weighted by Crippen LogP contribution is 2.23. The quantitative estimate of drug-likeness (QED) is 0.355. The van der Waals surface area contributed by atoms with Gasteiger partial charge in [-0.15, -0.1) is 5.10 Å². The first-order valence-electron chi connectivity index (χ1n) is 12.6. The fraction of sp³-hybridized carbons (Fsp3) is 0.385. The molecule has 6 rings (SSSR count). The Kier molecular flexibility index (Phi) is 6.25. The van der Waals surface area contributed by atoms with Gasteiger partial charge in [-0.1, -0.05) is 6.07 Å². The van der Waals surface area contributed by atoms with Crippen LogP contribution in [-0.2, 0) is 11.3 Å². The molecule has 0 unspecified atom stereocenters. The van der Waals surface area contributed by atoms with E-state index in [0.717, 1.165) is 47.7 Å². The molecule has 2 N–H and O–H groups in total. The maximum Gasteiger partial charge on any atom is 0.247 e. The standard InChI is InChI=1S/C26H30N8O2/c35-25(28-20-6-7-20)18-33-17-19(16-27-33)23-4-3-5-24-30-26(31-34(23)24)29-21-8-10-22(11-9-21)36-15-14-32-12-1-2-13-32/h3-5,8-11,16-17,20H,1-2,6-7,12-15,18H2,(H,28,35)(H,29,31). The molecule has 1 saturated carbocycles. The van der Waals surface area contributed by atoms with Crippen LogP contribution in [0.4, 0.5) is 11.6 Å². The lowest BCUT2D eigenvalue weighted by Gasteiger charge is -2.15. The van der Waals surface area contributed by atoms with Crippen molar-refractivity contribution in [2.45, 2.75) is 38.3 Å². The minimum Gasteiger partial charge on any atom is -0.492 e. The van der Waals surface area contributed by atoms with Crippen molar-refractivity contribution < 1.29 is 9.53 Å². The van der Waals surface area contributed by atoms with Gasteiger partial charge >= 0.3 is 0 Å². The number of likely N-dealkylation sites (tertiary alicyclic amines) is 1. The Morgan fingerprint density at radius 2 is 1.92 bits per heavy atom. The topological polar surface area (TPSA) is 102 Å². The average Bonchev–Trinajstić information content (AvgIpc) is 3.26. The van der Waals surface area contributed by atoms with Crippen molar-refractivity contribution in [2.24, 2.45) is 0 Å². The molecule has 1 aliphatic carbocycles. The number of hydrogen-bond acceptors (Lipinski definition) is 7. The molecule has 2 aliphatic rings. The normalized spacial score (nSPS) is 15.9. The van der Waals surface area contributed by atoms with E-state index in [2.05, 4.69) is 30.7 Å². The summed E-state index contributed by atoms with van der Waals surface area (Å²) < 4.78 is 9.33. The van der Waals surface area contributed by atoms with Gasteiger partial charge < -0.3 is 15.4 Å². The van der Waals surface area contributed by atoms with Gasteiger partial charge in [-0.2, -0.15) is 10.1 Å². The second-order valence-corrected chi connectivity index (χ2v) is 9.43. The molecule has 1 saturated heterocycles. The van der Waals surface area contributed by atoms with Crippen LogP contribution in [0, 0.1) is 0 Å². The van der Waals surface area contributed by atoms with E-state index in [4.69, 9.17) is 4.74 Å².